The zero-order chi connectivity index (χ0) is 14.6. The smallest absolute Gasteiger partial charge is 0.270 e. The van der Waals surface area contributed by atoms with Crippen LogP contribution in [0.25, 0.3) is 0 Å². The van der Waals surface area contributed by atoms with E-state index in [1.165, 1.54) is 49.7 Å². The second-order valence-electron chi connectivity index (χ2n) is 5.46. The van der Waals surface area contributed by atoms with E-state index >= 15 is 0 Å². The molecule has 21 heavy (non-hydrogen) atoms. The maximum absolute atomic E-state index is 3.47. The number of rotatable bonds is 7. The minimum absolute atomic E-state index is 0. The Labute approximate surface area is 143 Å². The Morgan fingerprint density at radius 3 is 2.19 bits per heavy atom. The van der Waals surface area contributed by atoms with E-state index < -0.39 is 0 Å². The van der Waals surface area contributed by atoms with E-state index in [-0.39, 0.29) is 17.1 Å². The molecule has 0 atom stereocenters. The van der Waals surface area contributed by atoms with Crippen molar-refractivity contribution in [3.63, 3.8) is 0 Å². The van der Waals surface area contributed by atoms with Gasteiger partial charge in [0, 0.05) is 0 Å². The Morgan fingerprint density at radius 2 is 1.67 bits per heavy atom. The van der Waals surface area contributed by atoms with E-state index in [1.54, 1.807) is 5.57 Å². The van der Waals surface area contributed by atoms with Crippen molar-refractivity contribution in [1.29, 1.82) is 0 Å². The molecular formula is C20H30Fe. The van der Waals surface area contributed by atoms with Crippen molar-refractivity contribution in [3.05, 3.63) is 47.1 Å². The Morgan fingerprint density at radius 1 is 0.952 bits per heavy atom. The summed E-state index contributed by atoms with van der Waals surface area (Å²) in [7, 11) is 0. The van der Waals surface area contributed by atoms with E-state index in [0.29, 0.717) is 0 Å². The van der Waals surface area contributed by atoms with Gasteiger partial charge in [-0.15, -0.1) is 12.8 Å². The van der Waals surface area contributed by atoms with E-state index in [0.717, 1.165) is 19.3 Å². The summed E-state index contributed by atoms with van der Waals surface area (Å²) in [6.07, 6.45) is 24.4. The molecule has 0 fully saturated rings. The molecule has 0 amide bonds. The van der Waals surface area contributed by atoms with Crippen molar-refractivity contribution in [2.45, 2.75) is 78.6 Å². The summed E-state index contributed by atoms with van der Waals surface area (Å²) in [5.41, 5.74) is 4.48. The third-order valence-corrected chi connectivity index (χ3v) is 3.78. The minimum atomic E-state index is 0. The van der Waals surface area contributed by atoms with Crippen LogP contribution in [-0.4, -0.2) is 0 Å². The predicted octanol–water partition coefficient (Wildman–Crippen LogP) is 6.51. The molecule has 118 valence electrons. The number of unbranched alkanes of at least 4 members (excludes halogenated alkanes) is 2. The van der Waals surface area contributed by atoms with Gasteiger partial charge in [-0.05, 0) is 0 Å². The van der Waals surface area contributed by atoms with Gasteiger partial charge in [-0.25, -0.2) is 17.2 Å². The summed E-state index contributed by atoms with van der Waals surface area (Å²) in [6, 6.07) is 0. The fraction of sp³-hybridized carbons (Fsp3) is 0.600. The van der Waals surface area contributed by atoms with Crippen LogP contribution in [-0.2, 0) is 17.1 Å². The first-order chi connectivity index (χ1) is 9.81. The largest absolute Gasteiger partial charge is 2.00 e. The Kier molecular flexibility index (Phi) is 12.8. The van der Waals surface area contributed by atoms with Crippen molar-refractivity contribution >= 4 is 0 Å². The van der Waals surface area contributed by atoms with Gasteiger partial charge in [-0.3, -0.25) is 12.2 Å². The summed E-state index contributed by atoms with van der Waals surface area (Å²) in [5, 5.41) is 0. The first-order valence-corrected chi connectivity index (χ1v) is 8.37. The molecule has 0 unspecified atom stereocenters. The molecule has 0 aromatic heterocycles. The third kappa shape index (κ3) is 8.49. The van der Waals surface area contributed by atoms with Crippen LogP contribution in [0.3, 0.4) is 0 Å². The molecule has 0 spiro atoms. The summed E-state index contributed by atoms with van der Waals surface area (Å²) < 4.78 is 0. The number of hydrogen-bond donors (Lipinski definition) is 0. The zero-order valence-corrected chi connectivity index (χ0v) is 15.1. The van der Waals surface area contributed by atoms with Crippen molar-refractivity contribution in [3.8, 4) is 0 Å². The molecule has 0 N–H and O–H groups in total. The van der Waals surface area contributed by atoms with Gasteiger partial charge < -0.3 is 0 Å². The van der Waals surface area contributed by atoms with E-state index in [2.05, 4.69) is 51.2 Å². The Hall–Kier alpha value is -0.521. The van der Waals surface area contributed by atoms with Crippen LogP contribution >= 0.6 is 0 Å². The summed E-state index contributed by atoms with van der Waals surface area (Å²) in [4.78, 5) is 0. The molecule has 0 saturated carbocycles. The van der Waals surface area contributed by atoms with Crippen LogP contribution in [0.2, 0.25) is 0 Å². The second kappa shape index (κ2) is 13.2. The van der Waals surface area contributed by atoms with Crippen molar-refractivity contribution < 1.29 is 17.1 Å². The number of allylic oxidation sites excluding steroid dienone is 8. The molecule has 0 aromatic carbocycles. The molecule has 0 heterocycles. The fourth-order valence-electron chi connectivity index (χ4n) is 2.45. The molecule has 0 nitrogen and oxygen atoms in total. The molecule has 0 aliphatic heterocycles. The average Bonchev–Trinajstić information content (AvgIpc) is 3.14. The van der Waals surface area contributed by atoms with Gasteiger partial charge in [0.25, 0.3) is 0 Å². The van der Waals surface area contributed by atoms with Crippen LogP contribution in [0.5, 0.6) is 0 Å². The van der Waals surface area contributed by atoms with Gasteiger partial charge in [0.05, 0.1) is 0 Å². The third-order valence-electron chi connectivity index (χ3n) is 3.78. The van der Waals surface area contributed by atoms with Crippen LogP contribution in [0.4, 0.5) is 0 Å². The molecule has 2 rings (SSSR count). The molecule has 1 heteroatoms. The van der Waals surface area contributed by atoms with E-state index in [1.807, 2.05) is 0 Å². The molecule has 0 radical (unpaired) electrons. The van der Waals surface area contributed by atoms with E-state index in [4.69, 9.17) is 0 Å². The van der Waals surface area contributed by atoms with Gasteiger partial charge in [-0.1, -0.05) is 65.7 Å². The molecule has 2 aliphatic carbocycles. The predicted molar refractivity (Wildman–Crippen MR) is 89.3 cm³/mol. The summed E-state index contributed by atoms with van der Waals surface area (Å²) in [6.45, 7) is 6.66. The van der Waals surface area contributed by atoms with Crippen molar-refractivity contribution in [2.75, 3.05) is 0 Å². The average molecular weight is 326 g/mol. The SMILES string of the molecule is CCC1=[C-]CC=C1.CCCCC1=[C-]CC=C1CCCC.[Fe+2]. The first-order valence-electron chi connectivity index (χ1n) is 8.37. The number of hydrogen-bond acceptors (Lipinski definition) is 0. The van der Waals surface area contributed by atoms with Gasteiger partial charge in [-0.2, -0.15) is 17.7 Å². The Balaban J connectivity index is 0.000000425. The first kappa shape index (κ1) is 20.5. The standard InChI is InChI=1S/C13H21.C7H9.Fe/c1-3-5-8-12-10-7-11-13(12)9-6-4-2;1-2-7-5-3-4-6-7;/h10H,3-9H2,1-2H3;3,5H,2,4H2,1H3;/q2*-1;+2. The monoisotopic (exact) mass is 326 g/mol. The van der Waals surface area contributed by atoms with Gasteiger partial charge >= 0.3 is 17.1 Å². The Bertz CT molecular complexity index is 361. The summed E-state index contributed by atoms with van der Waals surface area (Å²) in [5.74, 6) is 0. The zero-order valence-electron chi connectivity index (χ0n) is 13.9. The maximum atomic E-state index is 3.47. The molecular weight excluding hydrogens is 296 g/mol. The van der Waals surface area contributed by atoms with Crippen molar-refractivity contribution in [2.24, 2.45) is 0 Å². The normalized spacial score (nSPS) is 15.7. The van der Waals surface area contributed by atoms with Crippen LogP contribution < -0.4 is 0 Å². The van der Waals surface area contributed by atoms with E-state index in [9.17, 15) is 0 Å². The second-order valence-corrected chi connectivity index (χ2v) is 5.46. The van der Waals surface area contributed by atoms with Crippen LogP contribution in [0.1, 0.15) is 78.6 Å². The van der Waals surface area contributed by atoms with Crippen molar-refractivity contribution in [1.82, 2.24) is 0 Å². The maximum Gasteiger partial charge on any atom is 2.00 e. The van der Waals surface area contributed by atoms with Crippen LogP contribution in [0.15, 0.2) is 34.9 Å². The summed E-state index contributed by atoms with van der Waals surface area (Å²) >= 11 is 0. The molecule has 0 bridgehead atoms. The quantitative estimate of drug-likeness (QED) is 0.369. The van der Waals surface area contributed by atoms with Gasteiger partial charge in [0.1, 0.15) is 0 Å². The van der Waals surface area contributed by atoms with Gasteiger partial charge in [0.2, 0.25) is 0 Å². The van der Waals surface area contributed by atoms with Crippen LogP contribution in [0, 0.1) is 12.2 Å². The molecule has 0 aromatic rings. The topological polar surface area (TPSA) is 0 Å². The van der Waals surface area contributed by atoms with Gasteiger partial charge in [0.15, 0.2) is 0 Å². The molecule has 0 saturated heterocycles. The fourth-order valence-corrected chi connectivity index (χ4v) is 2.45. The molecule has 2 aliphatic rings. The minimum Gasteiger partial charge on any atom is -0.270 e.